The third-order valence-corrected chi connectivity index (χ3v) is 5.19. The van der Waals surface area contributed by atoms with E-state index in [2.05, 4.69) is 9.73 Å². The van der Waals surface area contributed by atoms with Crippen molar-refractivity contribution in [2.24, 2.45) is 4.99 Å². The van der Waals surface area contributed by atoms with Gasteiger partial charge in [-0.2, -0.15) is 8.78 Å². The zero-order chi connectivity index (χ0) is 19.9. The molecule has 0 bridgehead atoms. The van der Waals surface area contributed by atoms with Crippen LogP contribution < -0.4 is 14.4 Å². The van der Waals surface area contributed by atoms with Crippen LogP contribution in [-0.4, -0.2) is 43.5 Å². The smallest absolute Gasteiger partial charge is 0.387 e. The second-order valence-corrected chi connectivity index (χ2v) is 7.01. The monoisotopic (exact) mass is 406 g/mol. The number of Topliss-reactive ketones (excluding diaryl/α,β-unsaturated/α-hetero) is 1. The third kappa shape index (κ3) is 5.01. The Bertz CT molecular complexity index is 844. The summed E-state index contributed by atoms with van der Waals surface area (Å²) in [4.78, 5) is 19.3. The van der Waals surface area contributed by atoms with Crippen molar-refractivity contribution in [2.75, 3.05) is 30.9 Å². The topological polar surface area (TPSA) is 51.1 Å². The van der Waals surface area contributed by atoms with Crippen molar-refractivity contribution in [3.8, 4) is 11.5 Å². The maximum Gasteiger partial charge on any atom is 0.387 e. The molecule has 0 unspecified atom stereocenters. The van der Waals surface area contributed by atoms with E-state index < -0.39 is 6.61 Å². The maximum atomic E-state index is 12.9. The second-order valence-electron chi connectivity index (χ2n) is 5.95. The number of nitrogens with zero attached hydrogens (tertiary/aromatic N) is 2. The van der Waals surface area contributed by atoms with Gasteiger partial charge in [-0.3, -0.25) is 9.79 Å². The Morgan fingerprint density at radius 2 is 1.96 bits per heavy atom. The van der Waals surface area contributed by atoms with Crippen molar-refractivity contribution in [1.29, 1.82) is 0 Å². The molecule has 0 N–H and O–H groups in total. The fourth-order valence-corrected chi connectivity index (χ4v) is 3.73. The van der Waals surface area contributed by atoms with Crippen LogP contribution in [0.15, 0.2) is 53.5 Å². The highest BCUT2D eigenvalue weighted by Gasteiger charge is 2.23. The highest BCUT2D eigenvalue weighted by atomic mass is 32.2. The number of halogens is 2. The molecule has 2 aromatic carbocycles. The van der Waals surface area contributed by atoms with Gasteiger partial charge < -0.3 is 14.4 Å². The molecule has 8 heteroatoms. The van der Waals surface area contributed by atoms with E-state index in [1.54, 1.807) is 18.9 Å². The molecule has 1 heterocycles. The number of anilines is 1. The first kappa shape index (κ1) is 20.1. The first-order chi connectivity index (χ1) is 13.6. The Labute approximate surface area is 166 Å². The number of ether oxygens (including phenoxy) is 2. The molecule has 0 saturated heterocycles. The molecule has 28 heavy (non-hydrogen) atoms. The van der Waals surface area contributed by atoms with Gasteiger partial charge in [-0.05, 0) is 42.8 Å². The van der Waals surface area contributed by atoms with Crippen molar-refractivity contribution in [2.45, 2.75) is 13.0 Å². The Hall–Kier alpha value is -2.61. The molecular formula is C20H20F2N2O3S. The molecule has 0 amide bonds. The summed E-state index contributed by atoms with van der Waals surface area (Å²) in [5.74, 6) is 1.42. The van der Waals surface area contributed by atoms with E-state index in [0.717, 1.165) is 23.0 Å². The van der Waals surface area contributed by atoms with Gasteiger partial charge in [0.25, 0.3) is 0 Å². The van der Waals surface area contributed by atoms with Crippen LogP contribution in [0.3, 0.4) is 0 Å². The minimum atomic E-state index is -2.90. The molecule has 0 spiro atoms. The normalized spacial score (nSPS) is 13.8. The number of amidine groups is 1. The molecule has 148 valence electrons. The number of benzene rings is 2. The average Bonchev–Trinajstić information content (AvgIpc) is 2.72. The molecule has 1 aliphatic heterocycles. The lowest BCUT2D eigenvalue weighted by Crippen LogP contribution is -2.35. The van der Waals surface area contributed by atoms with Gasteiger partial charge in [0.15, 0.2) is 11.0 Å². The first-order valence-corrected chi connectivity index (χ1v) is 9.73. The predicted molar refractivity (Wildman–Crippen MR) is 107 cm³/mol. The molecule has 3 rings (SSSR count). The maximum absolute atomic E-state index is 12.9. The Balaban J connectivity index is 1.85. The number of hydrogen-bond acceptors (Lipinski definition) is 6. The molecule has 0 aliphatic carbocycles. The van der Waals surface area contributed by atoms with E-state index >= 15 is 0 Å². The third-order valence-electron chi connectivity index (χ3n) is 4.09. The predicted octanol–water partition coefficient (Wildman–Crippen LogP) is 4.48. The molecule has 0 radical (unpaired) electrons. The quantitative estimate of drug-likeness (QED) is 0.635. The number of alkyl halides is 2. The number of rotatable bonds is 7. The lowest BCUT2D eigenvalue weighted by Gasteiger charge is -2.28. The van der Waals surface area contributed by atoms with Gasteiger partial charge in [-0.1, -0.05) is 23.9 Å². The summed E-state index contributed by atoms with van der Waals surface area (Å²) in [5, 5.41) is 0.766. The fourth-order valence-electron chi connectivity index (χ4n) is 2.78. The average molecular weight is 406 g/mol. The minimum absolute atomic E-state index is 0.0142. The summed E-state index contributed by atoms with van der Waals surface area (Å²) in [5.41, 5.74) is 1.16. The number of carbonyl (C=O) groups excluding carboxylic acids is 1. The molecule has 0 saturated carbocycles. The van der Waals surface area contributed by atoms with E-state index in [1.807, 2.05) is 29.2 Å². The van der Waals surface area contributed by atoms with Crippen LogP contribution in [0.1, 0.15) is 16.8 Å². The van der Waals surface area contributed by atoms with Gasteiger partial charge in [-0.25, -0.2) is 0 Å². The number of aliphatic imine (C=N–C) groups is 1. The van der Waals surface area contributed by atoms with Gasteiger partial charge in [0, 0.05) is 17.9 Å². The molecular weight excluding hydrogens is 386 g/mol. The van der Waals surface area contributed by atoms with E-state index in [1.165, 1.54) is 24.3 Å². The summed E-state index contributed by atoms with van der Waals surface area (Å²) in [7, 11) is 1.58. The number of para-hydroxylation sites is 2. The van der Waals surface area contributed by atoms with Crippen molar-refractivity contribution in [3.63, 3.8) is 0 Å². The Kier molecular flexibility index (Phi) is 6.86. The summed E-state index contributed by atoms with van der Waals surface area (Å²) >= 11 is 1.60. The van der Waals surface area contributed by atoms with Crippen molar-refractivity contribution < 1.29 is 23.0 Å². The van der Waals surface area contributed by atoms with E-state index in [4.69, 9.17) is 4.74 Å². The molecule has 2 aromatic rings. The minimum Gasteiger partial charge on any atom is -0.495 e. The number of methoxy groups -OCH3 is 1. The zero-order valence-electron chi connectivity index (χ0n) is 15.3. The van der Waals surface area contributed by atoms with Crippen LogP contribution in [0.25, 0.3) is 0 Å². The van der Waals surface area contributed by atoms with Crippen LogP contribution in [0.5, 0.6) is 11.5 Å². The van der Waals surface area contributed by atoms with Crippen LogP contribution in [0.4, 0.5) is 14.5 Å². The van der Waals surface area contributed by atoms with Gasteiger partial charge in [-0.15, -0.1) is 0 Å². The van der Waals surface area contributed by atoms with Crippen molar-refractivity contribution >= 4 is 28.4 Å². The standard InChI is InChI=1S/C20H20F2N2O3S/c1-26-18-6-3-2-5-16(18)24(20-23-11-4-12-28-20)13-17(25)14-7-9-15(10-8-14)27-19(21)22/h2-3,5-10,19H,4,11-13H2,1H3. The van der Waals surface area contributed by atoms with Crippen LogP contribution >= 0.6 is 11.8 Å². The number of hydrogen-bond donors (Lipinski definition) is 0. The Morgan fingerprint density at radius 3 is 2.61 bits per heavy atom. The summed E-state index contributed by atoms with van der Waals surface area (Å²) in [6.45, 7) is -2.13. The number of ketones is 1. The van der Waals surface area contributed by atoms with Crippen LogP contribution in [0.2, 0.25) is 0 Å². The van der Waals surface area contributed by atoms with Crippen molar-refractivity contribution in [3.05, 3.63) is 54.1 Å². The molecule has 0 fully saturated rings. The van der Waals surface area contributed by atoms with Gasteiger partial charge >= 0.3 is 6.61 Å². The molecule has 0 aromatic heterocycles. The van der Waals surface area contributed by atoms with E-state index in [-0.39, 0.29) is 18.1 Å². The van der Waals surface area contributed by atoms with Gasteiger partial charge in [0.2, 0.25) is 0 Å². The highest BCUT2D eigenvalue weighted by Crippen LogP contribution is 2.31. The van der Waals surface area contributed by atoms with Crippen molar-refractivity contribution in [1.82, 2.24) is 0 Å². The lowest BCUT2D eigenvalue weighted by atomic mass is 10.1. The molecule has 0 atom stereocenters. The summed E-state index contributed by atoms with van der Waals surface area (Å²) in [6, 6.07) is 13.1. The van der Waals surface area contributed by atoms with Gasteiger partial charge in [0.05, 0.1) is 19.3 Å². The summed E-state index contributed by atoms with van der Waals surface area (Å²) in [6.07, 6.45) is 0.994. The number of carbonyl (C=O) groups is 1. The molecule has 1 aliphatic rings. The van der Waals surface area contributed by atoms with E-state index in [0.29, 0.717) is 17.9 Å². The lowest BCUT2D eigenvalue weighted by molar-refractivity contribution is -0.0498. The fraction of sp³-hybridized carbons (Fsp3) is 0.300. The highest BCUT2D eigenvalue weighted by molar-refractivity contribution is 8.14. The molecule has 5 nitrogen and oxygen atoms in total. The van der Waals surface area contributed by atoms with Gasteiger partial charge in [0.1, 0.15) is 11.5 Å². The SMILES string of the molecule is COc1ccccc1N(CC(=O)c1ccc(OC(F)F)cc1)C1=NCCCS1. The number of thioether (sulfide) groups is 1. The largest absolute Gasteiger partial charge is 0.495 e. The zero-order valence-corrected chi connectivity index (χ0v) is 16.1. The Morgan fingerprint density at radius 1 is 1.21 bits per heavy atom. The first-order valence-electron chi connectivity index (χ1n) is 8.74. The second kappa shape index (κ2) is 9.54. The summed E-state index contributed by atoms with van der Waals surface area (Å²) < 4.78 is 34.4. The van der Waals surface area contributed by atoms with Crippen LogP contribution in [0, 0.1) is 0 Å². The van der Waals surface area contributed by atoms with Crippen LogP contribution in [-0.2, 0) is 0 Å². The van der Waals surface area contributed by atoms with E-state index in [9.17, 15) is 13.6 Å².